The molecule has 94 valence electrons. The molecule has 0 spiro atoms. The maximum absolute atomic E-state index is 4.20. The van der Waals surface area contributed by atoms with Gasteiger partial charge in [-0.1, -0.05) is 0 Å². The van der Waals surface area contributed by atoms with E-state index in [0.717, 1.165) is 12.1 Å². The van der Waals surface area contributed by atoms with Gasteiger partial charge in [0.15, 0.2) is 0 Å². The van der Waals surface area contributed by atoms with Crippen LogP contribution in [0.1, 0.15) is 46.2 Å². The zero-order valence-electron chi connectivity index (χ0n) is 11.3. The highest BCUT2D eigenvalue weighted by molar-refractivity contribution is 5.04. The molecule has 2 rings (SSSR count). The summed E-state index contributed by atoms with van der Waals surface area (Å²) in [5, 5.41) is 11.9. The van der Waals surface area contributed by atoms with Gasteiger partial charge in [0.05, 0.1) is 5.69 Å². The topological polar surface area (TPSA) is 37.8 Å². The third kappa shape index (κ3) is 3.50. The average Bonchev–Trinajstić information content (AvgIpc) is 2.13. The first-order valence-corrected chi connectivity index (χ1v) is 6.42. The molecule has 0 atom stereocenters. The summed E-state index contributed by atoms with van der Waals surface area (Å²) in [5.74, 6) is 0.693. The molecule has 0 amide bonds. The van der Waals surface area contributed by atoms with Crippen molar-refractivity contribution < 1.29 is 0 Å². The Labute approximate surface area is 104 Å². The highest BCUT2D eigenvalue weighted by atomic mass is 15.1. The number of nitrogens with one attached hydrogen (secondary N) is 1. The van der Waals surface area contributed by atoms with E-state index in [1.807, 2.05) is 6.07 Å². The van der Waals surface area contributed by atoms with Crippen molar-refractivity contribution in [2.24, 2.45) is 5.92 Å². The maximum atomic E-state index is 4.20. The van der Waals surface area contributed by atoms with E-state index >= 15 is 0 Å². The minimum atomic E-state index is 0.217. The first-order valence-electron chi connectivity index (χ1n) is 6.42. The van der Waals surface area contributed by atoms with Gasteiger partial charge in [0, 0.05) is 17.3 Å². The van der Waals surface area contributed by atoms with Gasteiger partial charge in [0.25, 0.3) is 0 Å². The Morgan fingerprint density at radius 3 is 2.41 bits per heavy atom. The molecule has 3 heteroatoms. The van der Waals surface area contributed by atoms with Gasteiger partial charge >= 0.3 is 0 Å². The van der Waals surface area contributed by atoms with Crippen LogP contribution >= 0.6 is 0 Å². The molecule has 1 aliphatic rings. The molecule has 0 radical (unpaired) electrons. The van der Waals surface area contributed by atoms with Crippen LogP contribution in [0.5, 0.6) is 0 Å². The van der Waals surface area contributed by atoms with E-state index in [-0.39, 0.29) is 11.1 Å². The number of hydrogen-bond acceptors (Lipinski definition) is 3. The monoisotopic (exact) mass is 233 g/mol. The molecular weight excluding hydrogens is 210 g/mol. The maximum Gasteiger partial charge on any atom is 0.0633 e. The van der Waals surface area contributed by atoms with E-state index in [4.69, 9.17) is 0 Å². The molecule has 1 fully saturated rings. The summed E-state index contributed by atoms with van der Waals surface area (Å²) in [5.41, 5.74) is 1.55. The lowest BCUT2D eigenvalue weighted by Crippen LogP contribution is -2.58. The van der Waals surface area contributed by atoms with Crippen LogP contribution in [0.25, 0.3) is 0 Å². The molecular formula is C14H23N3. The van der Waals surface area contributed by atoms with Crippen LogP contribution < -0.4 is 5.32 Å². The Kier molecular flexibility index (Phi) is 3.21. The van der Waals surface area contributed by atoms with Gasteiger partial charge in [-0.25, -0.2) is 0 Å². The van der Waals surface area contributed by atoms with Crippen LogP contribution in [0.4, 0.5) is 0 Å². The molecule has 3 nitrogen and oxygen atoms in total. The number of rotatable bonds is 2. The van der Waals surface area contributed by atoms with Crippen molar-refractivity contribution in [3.8, 4) is 0 Å². The van der Waals surface area contributed by atoms with Crippen LogP contribution in [0, 0.1) is 5.92 Å². The molecule has 2 heterocycles. The normalized spacial score (nSPS) is 23.5. The second-order valence-electron chi connectivity index (χ2n) is 6.59. The molecule has 1 aromatic heterocycles. The third-order valence-electron chi connectivity index (χ3n) is 3.40. The van der Waals surface area contributed by atoms with Crippen molar-refractivity contribution >= 4 is 0 Å². The second-order valence-corrected chi connectivity index (χ2v) is 6.59. The SMILES string of the molecule is CC1(C)CC(Cc2cccnn2)CC(C)(C)N1. The second kappa shape index (κ2) is 4.37. The van der Waals surface area contributed by atoms with E-state index in [9.17, 15) is 0 Å². The van der Waals surface area contributed by atoms with Crippen LogP contribution in [0.15, 0.2) is 18.3 Å². The first-order chi connectivity index (χ1) is 7.86. The molecule has 1 N–H and O–H groups in total. The van der Waals surface area contributed by atoms with Gasteiger partial charge < -0.3 is 5.32 Å². The van der Waals surface area contributed by atoms with Gasteiger partial charge in [-0.3, -0.25) is 0 Å². The zero-order valence-corrected chi connectivity index (χ0v) is 11.3. The molecule has 0 aromatic carbocycles. The van der Waals surface area contributed by atoms with E-state index in [0.29, 0.717) is 5.92 Å². The molecule has 1 saturated heterocycles. The van der Waals surface area contributed by atoms with Gasteiger partial charge in [0.2, 0.25) is 0 Å². The first kappa shape index (κ1) is 12.5. The van der Waals surface area contributed by atoms with Crippen LogP contribution in [0.3, 0.4) is 0 Å². The predicted octanol–water partition coefficient (Wildman–Crippen LogP) is 2.58. The van der Waals surface area contributed by atoms with Crippen molar-refractivity contribution in [2.75, 3.05) is 0 Å². The molecule has 0 bridgehead atoms. The van der Waals surface area contributed by atoms with E-state index in [1.54, 1.807) is 6.20 Å². The minimum Gasteiger partial charge on any atom is -0.307 e. The van der Waals surface area contributed by atoms with Crippen molar-refractivity contribution in [2.45, 2.75) is 58.0 Å². The quantitative estimate of drug-likeness (QED) is 0.853. The summed E-state index contributed by atoms with van der Waals surface area (Å²) in [4.78, 5) is 0. The van der Waals surface area contributed by atoms with E-state index in [1.165, 1.54) is 12.8 Å². The molecule has 17 heavy (non-hydrogen) atoms. The fraction of sp³-hybridized carbons (Fsp3) is 0.714. The van der Waals surface area contributed by atoms with E-state index in [2.05, 4.69) is 49.3 Å². The zero-order chi connectivity index (χ0) is 12.5. The van der Waals surface area contributed by atoms with Gasteiger partial charge in [-0.2, -0.15) is 10.2 Å². The fourth-order valence-corrected chi connectivity index (χ4v) is 3.42. The Morgan fingerprint density at radius 2 is 1.88 bits per heavy atom. The Balaban J connectivity index is 2.06. The summed E-state index contributed by atoms with van der Waals surface area (Å²) < 4.78 is 0. The lowest BCUT2D eigenvalue weighted by Gasteiger charge is -2.46. The van der Waals surface area contributed by atoms with Crippen LogP contribution in [-0.4, -0.2) is 21.3 Å². The number of piperidine rings is 1. The molecule has 1 aromatic rings. The molecule has 0 aliphatic carbocycles. The lowest BCUT2D eigenvalue weighted by atomic mass is 9.74. The Hall–Kier alpha value is -0.960. The van der Waals surface area contributed by atoms with Crippen molar-refractivity contribution in [3.63, 3.8) is 0 Å². The summed E-state index contributed by atoms with van der Waals surface area (Å²) in [6.07, 6.45) is 5.18. The Morgan fingerprint density at radius 1 is 1.24 bits per heavy atom. The summed E-state index contributed by atoms with van der Waals surface area (Å²) in [6.45, 7) is 9.16. The summed E-state index contributed by atoms with van der Waals surface area (Å²) in [6, 6.07) is 4.05. The molecule has 1 aliphatic heterocycles. The van der Waals surface area contributed by atoms with E-state index < -0.39 is 0 Å². The highest BCUT2D eigenvalue weighted by Gasteiger charge is 2.37. The highest BCUT2D eigenvalue weighted by Crippen LogP contribution is 2.34. The summed E-state index contributed by atoms with van der Waals surface area (Å²) >= 11 is 0. The average molecular weight is 233 g/mol. The predicted molar refractivity (Wildman–Crippen MR) is 69.8 cm³/mol. The fourth-order valence-electron chi connectivity index (χ4n) is 3.42. The van der Waals surface area contributed by atoms with Crippen molar-refractivity contribution in [1.29, 1.82) is 0 Å². The van der Waals surface area contributed by atoms with Crippen LogP contribution in [0.2, 0.25) is 0 Å². The smallest absolute Gasteiger partial charge is 0.0633 e. The summed E-state index contributed by atoms with van der Waals surface area (Å²) in [7, 11) is 0. The Bertz CT molecular complexity index is 354. The number of aromatic nitrogens is 2. The largest absolute Gasteiger partial charge is 0.307 e. The minimum absolute atomic E-state index is 0.217. The number of hydrogen-bond donors (Lipinski definition) is 1. The molecule has 0 unspecified atom stereocenters. The van der Waals surface area contributed by atoms with Gasteiger partial charge in [-0.15, -0.1) is 0 Å². The van der Waals surface area contributed by atoms with Crippen molar-refractivity contribution in [1.82, 2.24) is 15.5 Å². The molecule has 0 saturated carbocycles. The van der Waals surface area contributed by atoms with Gasteiger partial charge in [-0.05, 0) is 65.0 Å². The standard InChI is InChI=1S/C14H23N3/c1-13(2)9-11(10-14(3,4)17-13)8-12-6-5-7-15-16-12/h5-7,11,17H,8-10H2,1-4H3. The van der Waals surface area contributed by atoms with Crippen LogP contribution in [-0.2, 0) is 6.42 Å². The van der Waals surface area contributed by atoms with Gasteiger partial charge in [0.1, 0.15) is 0 Å². The third-order valence-corrected chi connectivity index (χ3v) is 3.40. The lowest BCUT2D eigenvalue weighted by molar-refractivity contribution is 0.128. The van der Waals surface area contributed by atoms with Crippen molar-refractivity contribution in [3.05, 3.63) is 24.0 Å². The number of nitrogens with zero attached hydrogens (tertiary/aromatic N) is 2.